The van der Waals surface area contributed by atoms with E-state index in [9.17, 15) is 4.79 Å². The van der Waals surface area contributed by atoms with Crippen molar-refractivity contribution >= 4 is 34.9 Å². The molecule has 96 valence electrons. The van der Waals surface area contributed by atoms with Crippen molar-refractivity contribution in [2.24, 2.45) is 4.99 Å². The highest BCUT2D eigenvalue weighted by Crippen LogP contribution is 2.21. The number of carbonyl (C=O) groups excluding carboxylic acids is 1. The minimum atomic E-state index is 0.0681. The van der Waals surface area contributed by atoms with E-state index in [2.05, 4.69) is 10.3 Å². The third kappa shape index (κ3) is 5.25. The summed E-state index contributed by atoms with van der Waals surface area (Å²) < 4.78 is 0. The summed E-state index contributed by atoms with van der Waals surface area (Å²) in [7, 11) is 0. The topological polar surface area (TPSA) is 61.7 Å². The van der Waals surface area contributed by atoms with Gasteiger partial charge in [0, 0.05) is 10.8 Å². The van der Waals surface area contributed by atoms with Crippen LogP contribution in [0.3, 0.4) is 0 Å². The quantitative estimate of drug-likeness (QED) is 0.386. The highest BCUT2D eigenvalue weighted by Gasteiger charge is 2.03. The Morgan fingerprint density at radius 3 is 2.89 bits per heavy atom. The zero-order chi connectivity index (χ0) is 13.4. The maximum atomic E-state index is 10.4. The molecule has 0 saturated heterocycles. The second kappa shape index (κ2) is 7.79. The minimum absolute atomic E-state index is 0.0681. The molecule has 6 heteroatoms. The molecule has 1 rings (SSSR count). The molecule has 0 aliphatic heterocycles. The van der Waals surface area contributed by atoms with Crippen molar-refractivity contribution in [1.29, 1.82) is 0 Å². The monoisotopic (exact) mass is 284 g/mol. The van der Waals surface area contributed by atoms with Gasteiger partial charge in [0.2, 0.25) is 6.41 Å². The molecule has 0 fully saturated rings. The molecular weight excluding hydrogens is 272 g/mol. The number of rotatable bonds is 4. The molecule has 0 radical (unpaired) electrons. The summed E-state index contributed by atoms with van der Waals surface area (Å²) in [6, 6.07) is 7.46. The van der Waals surface area contributed by atoms with Crippen molar-refractivity contribution in [3.63, 3.8) is 0 Å². The molecule has 0 bridgehead atoms. The molecule has 1 amide bonds. The fourth-order valence-electron chi connectivity index (χ4n) is 1.08. The van der Waals surface area contributed by atoms with Crippen molar-refractivity contribution < 1.29 is 9.90 Å². The Morgan fingerprint density at radius 2 is 2.28 bits per heavy atom. The lowest BCUT2D eigenvalue weighted by molar-refractivity contribution is -0.108. The summed E-state index contributed by atoms with van der Waals surface area (Å²) in [6.07, 6.45) is 1.81. The molecule has 18 heavy (non-hydrogen) atoms. The zero-order valence-electron chi connectivity index (χ0n) is 9.76. The van der Waals surface area contributed by atoms with Gasteiger partial charge in [-0.2, -0.15) is 0 Å². The van der Waals surface area contributed by atoms with Gasteiger partial charge in [-0.15, -0.1) is 0 Å². The smallest absolute Gasteiger partial charge is 0.213 e. The number of allylic oxidation sites excluding steroid dienone is 1. The SMILES string of the molecule is C/C(O)=C\N=C(NC=O)SCc1ccccc1Cl. The van der Waals surface area contributed by atoms with Crippen molar-refractivity contribution in [2.45, 2.75) is 12.7 Å². The summed E-state index contributed by atoms with van der Waals surface area (Å²) in [5.74, 6) is 0.649. The molecule has 0 spiro atoms. The predicted octanol–water partition coefficient (Wildman–Crippen LogP) is 3.09. The van der Waals surface area contributed by atoms with Crippen LogP contribution in [0.4, 0.5) is 0 Å². The molecule has 0 atom stereocenters. The van der Waals surface area contributed by atoms with Crippen LogP contribution in [-0.4, -0.2) is 16.7 Å². The lowest BCUT2D eigenvalue weighted by atomic mass is 10.2. The van der Waals surface area contributed by atoms with E-state index in [-0.39, 0.29) is 5.76 Å². The van der Waals surface area contributed by atoms with Gasteiger partial charge >= 0.3 is 0 Å². The van der Waals surface area contributed by atoms with Crippen LogP contribution in [0.15, 0.2) is 41.2 Å². The summed E-state index contributed by atoms with van der Waals surface area (Å²) >= 11 is 7.34. The fourth-order valence-corrected chi connectivity index (χ4v) is 2.16. The molecule has 0 heterocycles. The Balaban J connectivity index is 2.68. The summed E-state index contributed by atoms with van der Waals surface area (Å²) in [5, 5.41) is 12.5. The van der Waals surface area contributed by atoms with Crippen molar-refractivity contribution in [3.05, 3.63) is 46.8 Å². The summed E-state index contributed by atoms with van der Waals surface area (Å²) in [4.78, 5) is 14.4. The van der Waals surface area contributed by atoms with Crippen molar-refractivity contribution in [1.82, 2.24) is 5.32 Å². The third-order valence-electron chi connectivity index (χ3n) is 1.87. The molecule has 0 aliphatic rings. The second-order valence-corrected chi connectivity index (χ2v) is 4.72. The molecule has 1 aromatic rings. The first-order chi connectivity index (χ1) is 8.63. The molecule has 0 unspecified atom stereocenters. The van der Waals surface area contributed by atoms with E-state index in [1.165, 1.54) is 24.9 Å². The number of aliphatic hydroxyl groups excluding tert-OH is 1. The number of halogens is 1. The Morgan fingerprint density at radius 1 is 1.56 bits per heavy atom. The summed E-state index contributed by atoms with van der Waals surface area (Å²) in [6.45, 7) is 1.50. The van der Waals surface area contributed by atoms with Crippen LogP contribution in [0.25, 0.3) is 0 Å². The van der Waals surface area contributed by atoms with E-state index < -0.39 is 0 Å². The molecule has 1 aromatic carbocycles. The van der Waals surface area contributed by atoms with Crippen LogP contribution in [0.5, 0.6) is 0 Å². The number of amidine groups is 1. The summed E-state index contributed by atoms with van der Waals surface area (Å²) in [5.41, 5.74) is 0.953. The van der Waals surface area contributed by atoms with E-state index in [1.54, 1.807) is 6.07 Å². The molecule has 0 aliphatic carbocycles. The molecule has 0 aromatic heterocycles. The molecular formula is C12H13ClN2O2S. The maximum absolute atomic E-state index is 10.4. The zero-order valence-corrected chi connectivity index (χ0v) is 11.3. The number of hydrogen-bond acceptors (Lipinski definition) is 4. The van der Waals surface area contributed by atoms with E-state index in [4.69, 9.17) is 16.7 Å². The third-order valence-corrected chi connectivity index (χ3v) is 3.19. The largest absolute Gasteiger partial charge is 0.511 e. The lowest BCUT2D eigenvalue weighted by Crippen LogP contribution is -2.17. The Bertz CT molecular complexity index is 471. The van der Waals surface area contributed by atoms with Crippen molar-refractivity contribution in [2.75, 3.05) is 0 Å². The number of hydrogen-bond donors (Lipinski definition) is 2. The van der Waals surface area contributed by atoms with Gasteiger partial charge in [-0.3, -0.25) is 4.79 Å². The highest BCUT2D eigenvalue weighted by molar-refractivity contribution is 8.13. The number of amides is 1. The fraction of sp³-hybridized carbons (Fsp3) is 0.167. The van der Waals surface area contributed by atoms with Gasteiger partial charge in [0.25, 0.3) is 0 Å². The van der Waals surface area contributed by atoms with Gasteiger partial charge in [0.05, 0.1) is 6.20 Å². The van der Waals surface area contributed by atoms with E-state index in [0.29, 0.717) is 22.4 Å². The van der Waals surface area contributed by atoms with Crippen LogP contribution in [0, 0.1) is 0 Å². The number of benzene rings is 1. The van der Waals surface area contributed by atoms with Gasteiger partial charge in [0.1, 0.15) is 5.76 Å². The van der Waals surface area contributed by atoms with Gasteiger partial charge in [-0.25, -0.2) is 4.99 Å². The van der Waals surface area contributed by atoms with E-state index in [0.717, 1.165) is 5.56 Å². The van der Waals surface area contributed by atoms with Gasteiger partial charge in [-0.05, 0) is 18.6 Å². The molecule has 0 saturated carbocycles. The number of aliphatic imine (C=N–C) groups is 1. The first-order valence-corrected chi connectivity index (χ1v) is 6.49. The molecule has 2 N–H and O–H groups in total. The number of aliphatic hydroxyl groups is 1. The first kappa shape index (κ1) is 14.6. The van der Waals surface area contributed by atoms with Gasteiger partial charge in [0.15, 0.2) is 5.17 Å². The average molecular weight is 285 g/mol. The highest BCUT2D eigenvalue weighted by atomic mass is 35.5. The van der Waals surface area contributed by atoms with Crippen LogP contribution in [0.2, 0.25) is 5.02 Å². The Labute approximate surface area is 115 Å². The number of carbonyl (C=O) groups is 1. The van der Waals surface area contributed by atoms with Gasteiger partial charge < -0.3 is 10.4 Å². The van der Waals surface area contributed by atoms with Crippen LogP contribution < -0.4 is 5.32 Å². The Kier molecular flexibility index (Phi) is 6.32. The second-order valence-electron chi connectivity index (χ2n) is 3.35. The lowest BCUT2D eigenvalue weighted by Gasteiger charge is -2.05. The van der Waals surface area contributed by atoms with Crippen LogP contribution in [0.1, 0.15) is 12.5 Å². The minimum Gasteiger partial charge on any atom is -0.511 e. The van der Waals surface area contributed by atoms with Gasteiger partial charge in [-0.1, -0.05) is 41.6 Å². The number of nitrogens with one attached hydrogen (secondary N) is 1. The number of nitrogens with zero attached hydrogens (tertiary/aromatic N) is 1. The van der Waals surface area contributed by atoms with Crippen molar-refractivity contribution in [3.8, 4) is 0 Å². The number of thioether (sulfide) groups is 1. The van der Waals surface area contributed by atoms with E-state index in [1.807, 2.05) is 18.2 Å². The normalized spacial score (nSPS) is 12.3. The Hall–Kier alpha value is -1.46. The average Bonchev–Trinajstić information content (AvgIpc) is 2.34. The standard InChI is InChI=1S/C12H13ClN2O2S/c1-9(17)6-14-12(15-8-16)18-7-10-4-2-3-5-11(10)13/h2-6,8,17H,7H2,1H3,(H,14,15,16)/b9-6+. The van der Waals surface area contributed by atoms with Crippen LogP contribution in [-0.2, 0) is 10.5 Å². The first-order valence-electron chi connectivity index (χ1n) is 5.13. The molecule has 4 nitrogen and oxygen atoms in total. The van der Waals surface area contributed by atoms with Crippen LogP contribution >= 0.6 is 23.4 Å². The maximum Gasteiger partial charge on any atom is 0.213 e. The van der Waals surface area contributed by atoms with E-state index >= 15 is 0 Å². The predicted molar refractivity (Wildman–Crippen MR) is 75.8 cm³/mol.